The van der Waals surface area contributed by atoms with Crippen LogP contribution in [0.4, 0.5) is 0 Å². The van der Waals surface area contributed by atoms with Crippen LogP contribution in [0.2, 0.25) is 0 Å². The first-order valence-electron chi connectivity index (χ1n) is 18.5. The molecule has 2 aliphatic heterocycles. The SMILES string of the molecule is c1ccc(-n2c(-c3ccc(-c4ccc5c(c4)C4(c6ccccc6S5)c5ccccc5-n5c6ccccc6c6cccc4c65)cc3)nc3ccccc32)cc1. The zero-order chi connectivity index (χ0) is 35.4. The van der Waals surface area contributed by atoms with Gasteiger partial charge in [0.05, 0.1) is 33.2 Å². The van der Waals surface area contributed by atoms with Gasteiger partial charge >= 0.3 is 0 Å². The maximum atomic E-state index is 5.13. The van der Waals surface area contributed by atoms with E-state index >= 15 is 0 Å². The van der Waals surface area contributed by atoms with Gasteiger partial charge in [0.25, 0.3) is 0 Å². The van der Waals surface area contributed by atoms with Crippen molar-refractivity contribution in [1.82, 2.24) is 14.1 Å². The molecular weight excluding hydrogens is 675 g/mol. The van der Waals surface area contributed by atoms with Crippen molar-refractivity contribution in [3.8, 4) is 33.9 Å². The van der Waals surface area contributed by atoms with E-state index in [-0.39, 0.29) is 0 Å². The van der Waals surface area contributed by atoms with Crippen molar-refractivity contribution in [2.24, 2.45) is 0 Å². The Hall–Kier alpha value is -6.62. The first-order valence-corrected chi connectivity index (χ1v) is 19.3. The predicted octanol–water partition coefficient (Wildman–Crippen LogP) is 12.6. The summed E-state index contributed by atoms with van der Waals surface area (Å²) in [7, 11) is 0. The fourth-order valence-corrected chi connectivity index (χ4v) is 10.5. The molecule has 1 spiro atoms. The lowest BCUT2D eigenvalue weighted by atomic mass is 9.62. The fourth-order valence-electron chi connectivity index (χ4n) is 9.37. The molecule has 2 aliphatic rings. The smallest absolute Gasteiger partial charge is 0.145 e. The number of rotatable bonds is 3. The van der Waals surface area contributed by atoms with E-state index in [1.807, 2.05) is 11.8 Å². The molecule has 0 fully saturated rings. The molecular formula is C50H31N3S. The molecule has 0 amide bonds. The largest absolute Gasteiger partial charge is 0.309 e. The van der Waals surface area contributed by atoms with Gasteiger partial charge in [0.15, 0.2) is 0 Å². The summed E-state index contributed by atoms with van der Waals surface area (Å²) in [6.45, 7) is 0. The van der Waals surface area contributed by atoms with E-state index in [4.69, 9.17) is 4.98 Å². The van der Waals surface area contributed by atoms with Gasteiger partial charge in [0.2, 0.25) is 0 Å². The van der Waals surface area contributed by atoms with Gasteiger partial charge in [-0.2, -0.15) is 0 Å². The van der Waals surface area contributed by atoms with Gasteiger partial charge in [-0.1, -0.05) is 145 Å². The van der Waals surface area contributed by atoms with E-state index in [0.717, 1.165) is 28.1 Å². The molecule has 10 aromatic rings. The molecule has 8 aromatic carbocycles. The third kappa shape index (κ3) is 3.95. The number of imidazole rings is 1. The molecule has 0 aliphatic carbocycles. The Kier molecular flexibility index (Phi) is 6.20. The summed E-state index contributed by atoms with van der Waals surface area (Å²) in [4.78, 5) is 7.73. The molecule has 0 N–H and O–H groups in total. The quantitative estimate of drug-likeness (QED) is 0.183. The molecule has 3 nitrogen and oxygen atoms in total. The number of fused-ring (bicyclic) bond motifs is 12. The van der Waals surface area contributed by atoms with E-state index in [1.54, 1.807) is 0 Å². The molecule has 2 aromatic heterocycles. The minimum absolute atomic E-state index is 0.506. The molecule has 0 bridgehead atoms. The van der Waals surface area contributed by atoms with E-state index in [1.165, 1.54) is 70.7 Å². The molecule has 0 saturated heterocycles. The van der Waals surface area contributed by atoms with Gasteiger partial charge in [0, 0.05) is 31.8 Å². The van der Waals surface area contributed by atoms with E-state index in [2.05, 4.69) is 197 Å². The zero-order valence-electron chi connectivity index (χ0n) is 29.1. The summed E-state index contributed by atoms with van der Waals surface area (Å²) < 4.78 is 4.78. The molecule has 0 saturated carbocycles. The van der Waals surface area contributed by atoms with Crippen molar-refractivity contribution in [1.29, 1.82) is 0 Å². The zero-order valence-corrected chi connectivity index (χ0v) is 30.0. The maximum Gasteiger partial charge on any atom is 0.145 e. The third-order valence-electron chi connectivity index (χ3n) is 11.6. The van der Waals surface area contributed by atoms with Gasteiger partial charge in [-0.05, 0) is 88.0 Å². The van der Waals surface area contributed by atoms with Crippen LogP contribution in [-0.2, 0) is 5.41 Å². The molecule has 252 valence electrons. The lowest BCUT2D eigenvalue weighted by Crippen LogP contribution is -2.37. The molecule has 4 heterocycles. The van der Waals surface area contributed by atoms with E-state index < -0.39 is 5.41 Å². The van der Waals surface area contributed by atoms with Crippen molar-refractivity contribution in [3.63, 3.8) is 0 Å². The number of aromatic nitrogens is 3. The lowest BCUT2D eigenvalue weighted by molar-refractivity contribution is 0.690. The Morgan fingerprint density at radius 1 is 0.426 bits per heavy atom. The highest BCUT2D eigenvalue weighted by atomic mass is 32.2. The van der Waals surface area contributed by atoms with E-state index in [9.17, 15) is 0 Å². The molecule has 1 unspecified atom stereocenters. The number of para-hydroxylation sites is 6. The summed E-state index contributed by atoms with van der Waals surface area (Å²) >= 11 is 1.89. The third-order valence-corrected chi connectivity index (χ3v) is 12.7. The molecule has 0 radical (unpaired) electrons. The maximum absolute atomic E-state index is 5.13. The Labute approximate surface area is 316 Å². The van der Waals surface area contributed by atoms with Gasteiger partial charge in [-0.3, -0.25) is 4.57 Å². The molecule has 12 rings (SSSR count). The monoisotopic (exact) mass is 705 g/mol. The fraction of sp³-hybridized carbons (Fsp3) is 0.0200. The average Bonchev–Trinajstić information content (AvgIpc) is 3.80. The Bertz CT molecular complexity index is 3130. The van der Waals surface area contributed by atoms with Crippen LogP contribution in [-0.4, -0.2) is 14.1 Å². The molecule has 4 heteroatoms. The lowest BCUT2D eigenvalue weighted by Gasteiger charge is -2.45. The van der Waals surface area contributed by atoms with Crippen LogP contribution in [0.3, 0.4) is 0 Å². The van der Waals surface area contributed by atoms with Crippen LogP contribution in [0, 0.1) is 0 Å². The van der Waals surface area contributed by atoms with Crippen molar-refractivity contribution < 1.29 is 0 Å². The average molecular weight is 706 g/mol. The Morgan fingerprint density at radius 2 is 1.07 bits per heavy atom. The number of benzene rings is 8. The minimum atomic E-state index is -0.506. The first kappa shape index (κ1) is 29.9. The topological polar surface area (TPSA) is 22.8 Å². The van der Waals surface area contributed by atoms with Gasteiger partial charge in [0.1, 0.15) is 5.82 Å². The first-order chi connectivity index (χ1) is 26.8. The van der Waals surface area contributed by atoms with Crippen LogP contribution in [0.1, 0.15) is 22.3 Å². The van der Waals surface area contributed by atoms with Crippen LogP contribution in [0.5, 0.6) is 0 Å². The summed E-state index contributed by atoms with van der Waals surface area (Å²) in [6, 6.07) is 68.9. The van der Waals surface area contributed by atoms with Crippen LogP contribution < -0.4 is 0 Å². The van der Waals surface area contributed by atoms with Crippen LogP contribution >= 0.6 is 11.8 Å². The van der Waals surface area contributed by atoms with Crippen molar-refractivity contribution >= 4 is 44.6 Å². The highest BCUT2D eigenvalue weighted by Crippen LogP contribution is 2.60. The number of hydrogen-bond donors (Lipinski definition) is 0. The minimum Gasteiger partial charge on any atom is -0.309 e. The van der Waals surface area contributed by atoms with Crippen molar-refractivity contribution in [3.05, 3.63) is 210 Å². The standard InChI is InChI=1S/C50H31N3S/c1-2-13-35(14-3-1)52-45-23-10-7-20-42(45)51-49(52)33-27-25-32(26-28-33)34-29-30-47-41(31-34)50(39-18-6-11-24-46(39)54-47)38-17-5-9-22-44(38)53-43-21-8-4-15-36(43)37-16-12-19-40(50)48(37)53/h1-31H. The molecule has 54 heavy (non-hydrogen) atoms. The second kappa shape index (κ2) is 11.2. The summed E-state index contributed by atoms with van der Waals surface area (Å²) in [5, 5.41) is 2.58. The normalized spacial score (nSPS) is 15.4. The van der Waals surface area contributed by atoms with E-state index in [0.29, 0.717) is 0 Å². The Balaban J connectivity index is 1.08. The summed E-state index contributed by atoms with van der Waals surface area (Å²) in [5.41, 5.74) is 15.2. The Morgan fingerprint density at radius 3 is 1.96 bits per heavy atom. The van der Waals surface area contributed by atoms with Gasteiger partial charge in [-0.15, -0.1) is 0 Å². The number of hydrogen-bond acceptors (Lipinski definition) is 2. The van der Waals surface area contributed by atoms with Crippen molar-refractivity contribution in [2.75, 3.05) is 0 Å². The van der Waals surface area contributed by atoms with Crippen LogP contribution in [0.25, 0.3) is 66.7 Å². The highest BCUT2D eigenvalue weighted by Gasteiger charge is 2.49. The second-order valence-electron chi connectivity index (χ2n) is 14.3. The van der Waals surface area contributed by atoms with Gasteiger partial charge in [-0.25, -0.2) is 4.98 Å². The van der Waals surface area contributed by atoms with Crippen LogP contribution in [0.15, 0.2) is 198 Å². The number of nitrogens with zero attached hydrogens (tertiary/aromatic N) is 3. The predicted molar refractivity (Wildman–Crippen MR) is 222 cm³/mol. The van der Waals surface area contributed by atoms with Crippen molar-refractivity contribution in [2.45, 2.75) is 15.2 Å². The van der Waals surface area contributed by atoms with Gasteiger partial charge < -0.3 is 4.57 Å². The summed E-state index contributed by atoms with van der Waals surface area (Å²) in [6.07, 6.45) is 0. The molecule has 1 atom stereocenters. The summed E-state index contributed by atoms with van der Waals surface area (Å²) in [5.74, 6) is 0.939. The highest BCUT2D eigenvalue weighted by molar-refractivity contribution is 7.99. The second-order valence-corrected chi connectivity index (χ2v) is 15.4.